The lowest BCUT2D eigenvalue weighted by molar-refractivity contribution is 0.955. The molecular formula is C54H33N7. The Morgan fingerprint density at radius 3 is 1.20 bits per heavy atom. The predicted molar refractivity (Wildman–Crippen MR) is 247 cm³/mol. The van der Waals surface area contributed by atoms with Crippen molar-refractivity contribution in [3.8, 4) is 62.9 Å². The van der Waals surface area contributed by atoms with Gasteiger partial charge in [0.05, 0.1) is 11.0 Å². The third kappa shape index (κ3) is 5.74. The minimum Gasteiger partial charge on any atom is -0.277 e. The van der Waals surface area contributed by atoms with Gasteiger partial charge in [-0.05, 0) is 33.7 Å². The summed E-state index contributed by atoms with van der Waals surface area (Å²) in [6.45, 7) is 0. The van der Waals surface area contributed by atoms with Crippen molar-refractivity contribution >= 4 is 54.1 Å². The zero-order valence-electron chi connectivity index (χ0n) is 32.7. The van der Waals surface area contributed by atoms with Gasteiger partial charge in [-0.15, -0.1) is 0 Å². The van der Waals surface area contributed by atoms with E-state index in [1.165, 1.54) is 0 Å². The maximum atomic E-state index is 5.26. The van der Waals surface area contributed by atoms with Crippen molar-refractivity contribution in [2.45, 2.75) is 0 Å². The molecule has 9 aromatic carbocycles. The number of nitrogens with zero attached hydrogens (tertiary/aromatic N) is 7. The fourth-order valence-corrected chi connectivity index (χ4v) is 8.75. The lowest BCUT2D eigenvalue weighted by Gasteiger charge is -2.16. The van der Waals surface area contributed by atoms with E-state index < -0.39 is 0 Å². The predicted octanol–water partition coefficient (Wildman–Crippen LogP) is 12.9. The maximum Gasteiger partial charge on any atom is 0.238 e. The molecule has 7 heteroatoms. The van der Waals surface area contributed by atoms with E-state index >= 15 is 0 Å². The third-order valence-corrected chi connectivity index (χ3v) is 11.5. The molecule has 0 atom stereocenters. The molecule has 0 saturated heterocycles. The average Bonchev–Trinajstić information content (AvgIpc) is 3.70. The number of benzene rings is 9. The molecule has 0 bridgehead atoms. The lowest BCUT2D eigenvalue weighted by atomic mass is 9.90. The van der Waals surface area contributed by atoms with Crippen molar-refractivity contribution in [3.63, 3.8) is 0 Å². The van der Waals surface area contributed by atoms with Gasteiger partial charge in [-0.1, -0.05) is 188 Å². The fraction of sp³-hybridized carbons (Fsp3) is 0. The molecule has 0 spiro atoms. The second-order valence-electron chi connectivity index (χ2n) is 15.1. The smallest absolute Gasteiger partial charge is 0.238 e. The summed E-state index contributed by atoms with van der Waals surface area (Å²) in [6, 6.07) is 68.7. The highest BCUT2D eigenvalue weighted by molar-refractivity contribution is 6.37. The minimum atomic E-state index is 0.552. The number of hydrogen-bond acceptors (Lipinski definition) is 6. The normalized spacial score (nSPS) is 11.6. The Balaban J connectivity index is 1.21. The Morgan fingerprint density at radius 2 is 0.672 bits per heavy atom. The van der Waals surface area contributed by atoms with Crippen LogP contribution in [-0.4, -0.2) is 34.5 Å². The number of fused-ring (bicyclic) bond motifs is 10. The molecule has 3 heterocycles. The highest BCUT2D eigenvalue weighted by Crippen LogP contribution is 2.46. The highest BCUT2D eigenvalue weighted by Gasteiger charge is 2.25. The molecule has 0 aliphatic carbocycles. The van der Waals surface area contributed by atoms with Crippen molar-refractivity contribution < 1.29 is 0 Å². The quantitative estimate of drug-likeness (QED) is 0.156. The van der Waals surface area contributed by atoms with Crippen molar-refractivity contribution in [1.82, 2.24) is 34.5 Å². The van der Waals surface area contributed by atoms with Crippen molar-refractivity contribution in [3.05, 3.63) is 200 Å². The van der Waals surface area contributed by atoms with Crippen LogP contribution in [0.4, 0.5) is 0 Å². The first-order chi connectivity index (χ1) is 30.3. The van der Waals surface area contributed by atoms with Crippen LogP contribution in [0.1, 0.15) is 0 Å². The molecule has 12 rings (SSSR count). The summed E-state index contributed by atoms with van der Waals surface area (Å²) in [5.41, 5.74) is 6.67. The van der Waals surface area contributed by atoms with Gasteiger partial charge in [-0.2, -0.15) is 9.97 Å². The number of para-hydroxylation sites is 1. The fourth-order valence-electron chi connectivity index (χ4n) is 8.75. The minimum absolute atomic E-state index is 0.552. The number of aromatic nitrogens is 7. The molecule has 0 radical (unpaired) electrons. The van der Waals surface area contributed by atoms with Gasteiger partial charge in [-0.3, -0.25) is 4.57 Å². The number of hydrogen-bond donors (Lipinski definition) is 0. The topological polar surface area (TPSA) is 82.3 Å². The first-order valence-electron chi connectivity index (χ1n) is 20.3. The van der Waals surface area contributed by atoms with E-state index in [9.17, 15) is 0 Å². The summed E-state index contributed by atoms with van der Waals surface area (Å²) in [7, 11) is 0. The molecule has 7 nitrogen and oxygen atoms in total. The van der Waals surface area contributed by atoms with Crippen LogP contribution in [0.3, 0.4) is 0 Å². The lowest BCUT2D eigenvalue weighted by Crippen LogP contribution is -2.06. The zero-order chi connectivity index (χ0) is 40.3. The summed E-state index contributed by atoms with van der Waals surface area (Å²) in [5.74, 6) is 3.63. The molecule has 3 aromatic heterocycles. The van der Waals surface area contributed by atoms with Gasteiger partial charge in [-0.25, -0.2) is 19.9 Å². The Hall–Kier alpha value is -8.42. The molecule has 0 aliphatic rings. The van der Waals surface area contributed by atoms with Gasteiger partial charge in [0.25, 0.3) is 0 Å². The summed E-state index contributed by atoms with van der Waals surface area (Å²) >= 11 is 0. The Kier molecular flexibility index (Phi) is 8.03. The Bertz CT molecular complexity index is 3510. The van der Waals surface area contributed by atoms with E-state index in [2.05, 4.69) is 83.4 Å². The van der Waals surface area contributed by atoms with Gasteiger partial charge in [0.1, 0.15) is 0 Å². The van der Waals surface area contributed by atoms with Crippen LogP contribution in [0.5, 0.6) is 0 Å². The molecular weight excluding hydrogens is 747 g/mol. The second kappa shape index (κ2) is 14.1. The van der Waals surface area contributed by atoms with E-state index in [0.717, 1.165) is 81.9 Å². The molecule has 0 fully saturated rings. The maximum absolute atomic E-state index is 5.26. The highest BCUT2D eigenvalue weighted by atomic mass is 15.2. The van der Waals surface area contributed by atoms with E-state index in [1.54, 1.807) is 0 Å². The van der Waals surface area contributed by atoms with Gasteiger partial charge in [0, 0.05) is 49.4 Å². The monoisotopic (exact) mass is 779 g/mol. The van der Waals surface area contributed by atoms with E-state index in [1.807, 2.05) is 121 Å². The van der Waals surface area contributed by atoms with Crippen molar-refractivity contribution in [2.24, 2.45) is 0 Å². The molecule has 284 valence electrons. The summed E-state index contributed by atoms with van der Waals surface area (Å²) in [5, 5.41) is 8.80. The van der Waals surface area contributed by atoms with Crippen LogP contribution in [0.15, 0.2) is 200 Å². The zero-order valence-corrected chi connectivity index (χ0v) is 32.7. The van der Waals surface area contributed by atoms with Crippen molar-refractivity contribution in [1.29, 1.82) is 0 Å². The van der Waals surface area contributed by atoms with Crippen LogP contribution in [0.2, 0.25) is 0 Å². The summed E-state index contributed by atoms with van der Waals surface area (Å²) in [6.07, 6.45) is 0. The molecule has 0 N–H and O–H groups in total. The Morgan fingerprint density at radius 1 is 0.279 bits per heavy atom. The average molecular weight is 780 g/mol. The standard InChI is InChI=1S/C54H33N7/c1-5-19-34(20-6-1)49-55-50(35-21-7-2-8-22-35)58-53(57-49)44-33-43-39-28-14-16-30-41(39)48-47(46(43)40-29-15-13-27-38(40)44)42-31-17-18-32-45(42)61(48)54-59-51(36-23-9-3-10-24-36)56-52(60-54)37-25-11-4-12-26-37/h1-33H. The first-order valence-corrected chi connectivity index (χ1v) is 20.3. The SMILES string of the molecule is c1ccc(-c2nc(-c3ccccc3)nc(-c3cc4c5ccccc5c5c(c6ccccc6n5-c5nc(-c6ccccc6)nc(-c6ccccc6)n5)c4c4ccccc34)n2)cc1. The van der Waals surface area contributed by atoms with Gasteiger partial charge in [0.2, 0.25) is 5.95 Å². The molecule has 12 aromatic rings. The molecule has 61 heavy (non-hydrogen) atoms. The van der Waals surface area contributed by atoms with Crippen LogP contribution >= 0.6 is 0 Å². The molecule has 0 saturated carbocycles. The van der Waals surface area contributed by atoms with Gasteiger partial charge < -0.3 is 0 Å². The second-order valence-corrected chi connectivity index (χ2v) is 15.1. The Labute approximate surface area is 350 Å². The van der Waals surface area contributed by atoms with Gasteiger partial charge >= 0.3 is 0 Å². The summed E-state index contributed by atoms with van der Waals surface area (Å²) in [4.78, 5) is 31.0. The van der Waals surface area contributed by atoms with Crippen LogP contribution < -0.4 is 0 Å². The summed E-state index contributed by atoms with van der Waals surface area (Å²) < 4.78 is 2.24. The van der Waals surface area contributed by atoms with Crippen molar-refractivity contribution in [2.75, 3.05) is 0 Å². The van der Waals surface area contributed by atoms with Gasteiger partial charge in [0.15, 0.2) is 29.1 Å². The third-order valence-electron chi connectivity index (χ3n) is 11.5. The van der Waals surface area contributed by atoms with E-state index in [-0.39, 0.29) is 0 Å². The van der Waals surface area contributed by atoms with Crippen LogP contribution in [0.25, 0.3) is 117 Å². The van der Waals surface area contributed by atoms with E-state index in [4.69, 9.17) is 29.9 Å². The van der Waals surface area contributed by atoms with Crippen LogP contribution in [0, 0.1) is 0 Å². The number of rotatable bonds is 6. The molecule has 0 aliphatic heterocycles. The first kappa shape index (κ1) is 34.6. The largest absolute Gasteiger partial charge is 0.277 e. The van der Waals surface area contributed by atoms with E-state index in [0.29, 0.717) is 35.1 Å². The molecule has 0 amide bonds. The molecule has 0 unspecified atom stereocenters. The van der Waals surface area contributed by atoms with Crippen LogP contribution in [-0.2, 0) is 0 Å².